The molecule has 3 amide bonds. The number of amides is 3. The monoisotopic (exact) mass is 476 g/mol. The molecule has 1 N–H and O–H groups in total. The van der Waals surface area contributed by atoms with E-state index in [0.717, 1.165) is 29.7 Å². The molecule has 182 valence electrons. The molecule has 8 nitrogen and oxygen atoms in total. The van der Waals surface area contributed by atoms with Gasteiger partial charge in [-0.1, -0.05) is 36.4 Å². The summed E-state index contributed by atoms with van der Waals surface area (Å²) >= 11 is 0. The third-order valence-electron chi connectivity index (χ3n) is 7.52. The fourth-order valence-corrected chi connectivity index (χ4v) is 5.99. The van der Waals surface area contributed by atoms with E-state index in [1.54, 1.807) is 24.3 Å². The van der Waals surface area contributed by atoms with Crippen LogP contribution in [0.15, 0.2) is 54.6 Å². The number of fused-ring (bicyclic) bond motifs is 5. The van der Waals surface area contributed by atoms with E-state index >= 15 is 0 Å². The minimum Gasteiger partial charge on any atom is -0.497 e. The van der Waals surface area contributed by atoms with Gasteiger partial charge in [-0.25, -0.2) is 4.79 Å². The van der Waals surface area contributed by atoms with Crippen molar-refractivity contribution in [3.8, 4) is 5.75 Å². The van der Waals surface area contributed by atoms with Crippen LogP contribution in [0.2, 0.25) is 0 Å². The summed E-state index contributed by atoms with van der Waals surface area (Å²) in [5, 5.41) is 2.66. The minimum absolute atomic E-state index is 0.142. The zero-order valence-corrected chi connectivity index (χ0v) is 19.5. The zero-order chi connectivity index (χ0) is 24.5. The highest BCUT2D eigenvalue weighted by molar-refractivity contribution is 6.08. The van der Waals surface area contributed by atoms with Crippen molar-refractivity contribution >= 4 is 29.4 Å². The number of hydrogen-bond donors (Lipinski definition) is 1. The summed E-state index contributed by atoms with van der Waals surface area (Å²) in [7, 11) is 1.52. The molecule has 2 aliphatic carbocycles. The van der Waals surface area contributed by atoms with Crippen molar-refractivity contribution in [2.24, 2.45) is 23.7 Å². The van der Waals surface area contributed by atoms with Gasteiger partial charge < -0.3 is 14.8 Å². The molecule has 1 saturated heterocycles. The SMILES string of the molecule is COc1cccc(NC(=O)COC(=O)[C@H](Cc2ccccc2)N2C(=O)[C@@H]3[C@H]4CC[C@@H](C4)[C@H]3C2=O)c1. The quantitative estimate of drug-likeness (QED) is 0.464. The molecule has 0 unspecified atom stereocenters. The van der Waals surface area contributed by atoms with Gasteiger partial charge in [-0.2, -0.15) is 0 Å². The molecule has 2 saturated carbocycles. The van der Waals surface area contributed by atoms with Crippen molar-refractivity contribution in [2.75, 3.05) is 19.0 Å². The number of anilines is 1. The van der Waals surface area contributed by atoms with E-state index in [1.165, 1.54) is 7.11 Å². The average Bonchev–Trinajstić information content (AvgIpc) is 3.56. The summed E-state index contributed by atoms with van der Waals surface area (Å²) in [4.78, 5) is 53.5. The molecule has 2 aromatic carbocycles. The molecule has 3 aliphatic rings. The van der Waals surface area contributed by atoms with Gasteiger partial charge in [0.15, 0.2) is 6.61 Å². The molecule has 5 atom stereocenters. The van der Waals surface area contributed by atoms with Crippen LogP contribution in [-0.2, 0) is 30.3 Å². The Morgan fingerprint density at radius 2 is 1.69 bits per heavy atom. The fraction of sp³-hybridized carbons (Fsp3) is 0.407. The van der Waals surface area contributed by atoms with Crippen LogP contribution in [0.25, 0.3) is 0 Å². The molecule has 5 rings (SSSR count). The molecule has 0 spiro atoms. The second-order valence-electron chi connectivity index (χ2n) is 9.52. The second kappa shape index (κ2) is 9.52. The Hall–Kier alpha value is -3.68. The first kappa shape index (κ1) is 23.1. The molecule has 1 aliphatic heterocycles. The molecular formula is C27H28N2O6. The van der Waals surface area contributed by atoms with E-state index in [4.69, 9.17) is 9.47 Å². The van der Waals surface area contributed by atoms with E-state index < -0.39 is 24.5 Å². The van der Waals surface area contributed by atoms with Crippen molar-refractivity contribution in [3.63, 3.8) is 0 Å². The van der Waals surface area contributed by atoms with E-state index in [9.17, 15) is 19.2 Å². The van der Waals surface area contributed by atoms with Gasteiger partial charge in [-0.05, 0) is 48.8 Å². The van der Waals surface area contributed by atoms with Crippen LogP contribution in [-0.4, -0.2) is 48.3 Å². The molecular weight excluding hydrogens is 448 g/mol. The van der Waals surface area contributed by atoms with E-state index in [-0.39, 0.29) is 41.9 Å². The van der Waals surface area contributed by atoms with Crippen LogP contribution in [0.5, 0.6) is 5.75 Å². The summed E-state index contributed by atoms with van der Waals surface area (Å²) in [6.07, 6.45) is 2.97. The molecule has 35 heavy (non-hydrogen) atoms. The van der Waals surface area contributed by atoms with Gasteiger partial charge >= 0.3 is 5.97 Å². The van der Waals surface area contributed by atoms with E-state index in [2.05, 4.69) is 5.32 Å². The average molecular weight is 477 g/mol. The number of hydrogen-bond acceptors (Lipinski definition) is 6. The smallest absolute Gasteiger partial charge is 0.330 e. The Morgan fingerprint density at radius 1 is 1.00 bits per heavy atom. The largest absolute Gasteiger partial charge is 0.497 e. The predicted octanol–water partition coefficient (Wildman–Crippen LogP) is 2.82. The summed E-state index contributed by atoms with van der Waals surface area (Å²) in [5.41, 5.74) is 1.30. The van der Waals surface area contributed by atoms with Gasteiger partial charge in [-0.15, -0.1) is 0 Å². The zero-order valence-electron chi connectivity index (χ0n) is 19.5. The van der Waals surface area contributed by atoms with Gasteiger partial charge in [-0.3, -0.25) is 19.3 Å². The highest BCUT2D eigenvalue weighted by Crippen LogP contribution is 2.56. The Morgan fingerprint density at radius 3 is 2.34 bits per heavy atom. The van der Waals surface area contributed by atoms with Crippen molar-refractivity contribution in [1.29, 1.82) is 0 Å². The van der Waals surface area contributed by atoms with Crippen LogP contribution in [0.4, 0.5) is 5.69 Å². The van der Waals surface area contributed by atoms with Gasteiger partial charge in [0.25, 0.3) is 5.91 Å². The lowest BCUT2D eigenvalue weighted by molar-refractivity contribution is -0.160. The normalized spacial score (nSPS) is 25.3. The molecule has 0 aromatic heterocycles. The van der Waals surface area contributed by atoms with Crippen LogP contribution in [0.3, 0.4) is 0 Å². The van der Waals surface area contributed by atoms with E-state index in [0.29, 0.717) is 11.4 Å². The Kier molecular flexibility index (Phi) is 6.28. The highest BCUT2D eigenvalue weighted by Gasteiger charge is 2.62. The van der Waals surface area contributed by atoms with E-state index in [1.807, 2.05) is 30.3 Å². The number of benzene rings is 2. The molecule has 2 bridgehead atoms. The maximum absolute atomic E-state index is 13.4. The van der Waals surface area contributed by atoms with Gasteiger partial charge in [0.05, 0.1) is 18.9 Å². The van der Waals surface area contributed by atoms with Crippen molar-refractivity contribution in [3.05, 3.63) is 60.2 Å². The number of carbonyl (C=O) groups excluding carboxylic acids is 4. The van der Waals surface area contributed by atoms with Crippen LogP contribution >= 0.6 is 0 Å². The lowest BCUT2D eigenvalue weighted by Gasteiger charge is -2.26. The highest BCUT2D eigenvalue weighted by atomic mass is 16.5. The summed E-state index contributed by atoms with van der Waals surface area (Å²) < 4.78 is 10.5. The summed E-state index contributed by atoms with van der Waals surface area (Å²) in [5.74, 6) is -1.48. The second-order valence-corrected chi connectivity index (χ2v) is 9.52. The first-order valence-electron chi connectivity index (χ1n) is 12.0. The van der Waals surface area contributed by atoms with Crippen molar-refractivity contribution in [2.45, 2.75) is 31.7 Å². The first-order valence-corrected chi connectivity index (χ1v) is 12.0. The maximum Gasteiger partial charge on any atom is 0.330 e. The number of ether oxygens (including phenoxy) is 2. The molecule has 0 radical (unpaired) electrons. The molecule has 1 heterocycles. The Labute approximate surface area is 203 Å². The lowest BCUT2D eigenvalue weighted by Crippen LogP contribution is -2.48. The number of likely N-dealkylation sites (tertiary alicyclic amines) is 1. The van der Waals surface area contributed by atoms with Gasteiger partial charge in [0, 0.05) is 18.2 Å². The number of nitrogens with one attached hydrogen (secondary N) is 1. The number of nitrogens with zero attached hydrogens (tertiary/aromatic N) is 1. The predicted molar refractivity (Wildman–Crippen MR) is 126 cm³/mol. The third kappa shape index (κ3) is 4.40. The number of rotatable bonds is 8. The Balaban J connectivity index is 1.30. The van der Waals surface area contributed by atoms with Crippen molar-refractivity contribution < 1.29 is 28.7 Å². The summed E-state index contributed by atoms with van der Waals surface area (Å²) in [6, 6.07) is 14.9. The van der Waals surface area contributed by atoms with Crippen molar-refractivity contribution in [1.82, 2.24) is 4.90 Å². The standard InChI is InChI=1S/C27H28N2O6/c1-34-20-9-5-8-19(14-20)28-22(30)15-35-27(33)21(12-16-6-3-2-4-7-16)29-25(31)23-17-10-11-18(13-17)24(23)26(29)32/h2-9,14,17-18,21,23-24H,10-13,15H2,1H3,(H,28,30)/t17-,18-,21-,23+,24+/m0/s1. The number of imide groups is 1. The molecule has 3 fully saturated rings. The van der Waals surface area contributed by atoms with Crippen LogP contribution in [0.1, 0.15) is 24.8 Å². The maximum atomic E-state index is 13.4. The van der Waals surface area contributed by atoms with Gasteiger partial charge in [0.1, 0.15) is 11.8 Å². The molecule has 8 heteroatoms. The lowest BCUT2D eigenvalue weighted by atomic mass is 9.81. The third-order valence-corrected chi connectivity index (χ3v) is 7.52. The fourth-order valence-electron chi connectivity index (χ4n) is 5.99. The minimum atomic E-state index is -1.10. The number of methoxy groups -OCH3 is 1. The summed E-state index contributed by atoms with van der Waals surface area (Å²) in [6.45, 7) is -0.532. The van der Waals surface area contributed by atoms with Crippen LogP contribution < -0.4 is 10.1 Å². The number of esters is 1. The number of carbonyl (C=O) groups is 4. The van der Waals surface area contributed by atoms with Crippen LogP contribution in [0, 0.1) is 23.7 Å². The Bertz CT molecular complexity index is 1120. The first-order chi connectivity index (χ1) is 17.0. The van der Waals surface area contributed by atoms with Gasteiger partial charge in [0.2, 0.25) is 11.8 Å². The molecule has 2 aromatic rings. The topological polar surface area (TPSA) is 102 Å².